The molecule has 1 N–H and O–H groups in total. The van der Waals surface area contributed by atoms with E-state index in [1.54, 1.807) is 0 Å². The third kappa shape index (κ3) is 8.16. The molecular formula is C17H26O2S. The second-order valence-corrected chi connectivity index (χ2v) is 6.35. The molecule has 1 heterocycles. The van der Waals surface area contributed by atoms with Crippen LogP contribution >= 0.6 is 11.3 Å². The van der Waals surface area contributed by atoms with Crippen LogP contribution in [-0.4, -0.2) is 11.1 Å². The standard InChI is InChI=1S/C17H26O2S/c1-15(17(18)19)11-8-6-4-2-3-5-7-9-12-16-13-10-14-20-16/h10,13-14H,1-9,11-12H2,(H,18,19). The molecule has 0 bridgehead atoms. The van der Waals surface area contributed by atoms with Gasteiger partial charge in [-0.3, -0.25) is 0 Å². The van der Waals surface area contributed by atoms with Gasteiger partial charge < -0.3 is 5.11 Å². The number of hydrogen-bond donors (Lipinski definition) is 1. The van der Waals surface area contributed by atoms with Gasteiger partial charge in [-0.1, -0.05) is 51.2 Å². The highest BCUT2D eigenvalue weighted by Crippen LogP contribution is 2.15. The van der Waals surface area contributed by atoms with E-state index in [4.69, 9.17) is 5.11 Å². The monoisotopic (exact) mass is 294 g/mol. The average molecular weight is 294 g/mol. The van der Waals surface area contributed by atoms with Gasteiger partial charge in [0.1, 0.15) is 0 Å². The number of hydrogen-bond acceptors (Lipinski definition) is 2. The molecule has 0 amide bonds. The first-order valence-corrected chi connectivity index (χ1v) is 8.51. The lowest BCUT2D eigenvalue weighted by atomic mass is 10.0. The summed E-state index contributed by atoms with van der Waals surface area (Å²) < 4.78 is 0. The van der Waals surface area contributed by atoms with Crippen LogP contribution in [0.25, 0.3) is 0 Å². The molecule has 2 nitrogen and oxygen atoms in total. The van der Waals surface area contributed by atoms with Crippen LogP contribution in [0.1, 0.15) is 62.7 Å². The van der Waals surface area contributed by atoms with Gasteiger partial charge in [0.25, 0.3) is 0 Å². The summed E-state index contributed by atoms with van der Waals surface area (Å²) in [5, 5.41) is 10.8. The van der Waals surface area contributed by atoms with Crippen molar-refractivity contribution in [3.05, 3.63) is 34.5 Å². The number of unbranched alkanes of at least 4 members (excludes halogenated alkanes) is 7. The third-order valence-corrected chi connectivity index (χ3v) is 4.47. The van der Waals surface area contributed by atoms with E-state index in [-0.39, 0.29) is 0 Å². The molecule has 20 heavy (non-hydrogen) atoms. The van der Waals surface area contributed by atoms with Gasteiger partial charge in [-0.05, 0) is 37.1 Å². The molecule has 1 aromatic heterocycles. The number of aliphatic carboxylic acids is 1. The predicted molar refractivity (Wildman–Crippen MR) is 86.4 cm³/mol. The maximum absolute atomic E-state index is 10.6. The van der Waals surface area contributed by atoms with E-state index in [9.17, 15) is 4.79 Å². The number of rotatable bonds is 12. The van der Waals surface area contributed by atoms with Gasteiger partial charge >= 0.3 is 5.97 Å². The van der Waals surface area contributed by atoms with E-state index in [2.05, 4.69) is 24.1 Å². The number of carboxylic acid groups (broad SMARTS) is 1. The Morgan fingerprint density at radius 3 is 2.20 bits per heavy atom. The molecule has 0 atom stereocenters. The van der Waals surface area contributed by atoms with Crippen molar-refractivity contribution >= 4 is 17.3 Å². The van der Waals surface area contributed by atoms with E-state index in [1.165, 1.54) is 49.8 Å². The number of aryl methyl sites for hydroxylation is 1. The summed E-state index contributed by atoms with van der Waals surface area (Å²) in [7, 11) is 0. The lowest BCUT2D eigenvalue weighted by Crippen LogP contribution is -1.98. The summed E-state index contributed by atoms with van der Waals surface area (Å²) in [5.74, 6) is -0.851. The van der Waals surface area contributed by atoms with Crippen LogP contribution in [0, 0.1) is 0 Å². The Balaban J connectivity index is 1.81. The molecule has 1 aromatic rings. The van der Waals surface area contributed by atoms with Crippen molar-refractivity contribution in [1.82, 2.24) is 0 Å². The second-order valence-electron chi connectivity index (χ2n) is 5.32. The van der Waals surface area contributed by atoms with Crippen LogP contribution in [0.3, 0.4) is 0 Å². The van der Waals surface area contributed by atoms with Crippen molar-refractivity contribution in [3.8, 4) is 0 Å². The zero-order chi connectivity index (χ0) is 14.6. The summed E-state index contributed by atoms with van der Waals surface area (Å²) in [6.07, 6.45) is 11.7. The number of carboxylic acids is 1. The largest absolute Gasteiger partial charge is 0.478 e. The summed E-state index contributed by atoms with van der Waals surface area (Å²) in [4.78, 5) is 12.1. The van der Waals surface area contributed by atoms with Gasteiger partial charge in [-0.2, -0.15) is 0 Å². The van der Waals surface area contributed by atoms with Crippen LogP contribution in [0.4, 0.5) is 0 Å². The summed E-state index contributed by atoms with van der Waals surface area (Å²) in [6.45, 7) is 3.54. The van der Waals surface area contributed by atoms with Crippen molar-refractivity contribution in [3.63, 3.8) is 0 Å². The molecule has 0 radical (unpaired) electrons. The van der Waals surface area contributed by atoms with Crippen molar-refractivity contribution < 1.29 is 9.90 Å². The maximum Gasteiger partial charge on any atom is 0.330 e. The lowest BCUT2D eigenvalue weighted by Gasteiger charge is -2.02. The fraction of sp³-hybridized carbons (Fsp3) is 0.588. The molecule has 0 unspecified atom stereocenters. The molecule has 0 aromatic carbocycles. The highest BCUT2D eigenvalue weighted by molar-refractivity contribution is 7.09. The zero-order valence-corrected chi connectivity index (χ0v) is 13.1. The number of carbonyl (C=O) groups is 1. The lowest BCUT2D eigenvalue weighted by molar-refractivity contribution is -0.132. The zero-order valence-electron chi connectivity index (χ0n) is 12.3. The fourth-order valence-corrected chi connectivity index (χ4v) is 3.01. The Hall–Kier alpha value is -1.09. The minimum Gasteiger partial charge on any atom is -0.478 e. The summed E-state index contributed by atoms with van der Waals surface area (Å²) in [5.41, 5.74) is 0.346. The van der Waals surface area contributed by atoms with Crippen LogP contribution < -0.4 is 0 Å². The van der Waals surface area contributed by atoms with Crippen LogP contribution in [0.5, 0.6) is 0 Å². The number of thiophene rings is 1. The molecule has 0 aliphatic heterocycles. The van der Waals surface area contributed by atoms with E-state index < -0.39 is 5.97 Å². The summed E-state index contributed by atoms with van der Waals surface area (Å²) >= 11 is 1.86. The minimum atomic E-state index is -0.851. The minimum absolute atomic E-state index is 0.346. The smallest absolute Gasteiger partial charge is 0.330 e. The molecule has 112 valence electrons. The quantitative estimate of drug-likeness (QED) is 0.411. The van der Waals surface area contributed by atoms with Gasteiger partial charge in [0, 0.05) is 10.5 Å². The first-order valence-electron chi connectivity index (χ1n) is 7.63. The second kappa shape index (κ2) is 10.7. The van der Waals surface area contributed by atoms with Crippen LogP contribution in [0.2, 0.25) is 0 Å². The van der Waals surface area contributed by atoms with E-state index in [1.807, 2.05) is 11.3 Å². The molecule has 0 spiro atoms. The third-order valence-electron chi connectivity index (χ3n) is 3.53. The highest BCUT2D eigenvalue weighted by atomic mass is 32.1. The molecular weight excluding hydrogens is 268 g/mol. The molecule has 1 rings (SSSR count). The van der Waals surface area contributed by atoms with Gasteiger partial charge in [0.05, 0.1) is 0 Å². The van der Waals surface area contributed by atoms with Crippen molar-refractivity contribution in [1.29, 1.82) is 0 Å². The molecule has 0 aliphatic rings. The van der Waals surface area contributed by atoms with E-state index >= 15 is 0 Å². The normalized spacial score (nSPS) is 10.6. The highest BCUT2D eigenvalue weighted by Gasteiger charge is 2.02. The van der Waals surface area contributed by atoms with Crippen molar-refractivity contribution in [2.24, 2.45) is 0 Å². The van der Waals surface area contributed by atoms with Crippen LogP contribution in [-0.2, 0) is 11.2 Å². The fourth-order valence-electron chi connectivity index (χ4n) is 2.26. The Morgan fingerprint density at radius 2 is 1.65 bits per heavy atom. The van der Waals surface area contributed by atoms with Gasteiger partial charge in [0.15, 0.2) is 0 Å². The molecule has 3 heteroatoms. The van der Waals surface area contributed by atoms with Gasteiger partial charge in [-0.25, -0.2) is 4.79 Å². The maximum atomic E-state index is 10.6. The van der Waals surface area contributed by atoms with Crippen molar-refractivity contribution in [2.45, 2.75) is 64.2 Å². The SMILES string of the molecule is C=C(CCCCCCCCCCc1cccs1)C(=O)O. The van der Waals surface area contributed by atoms with Crippen molar-refractivity contribution in [2.75, 3.05) is 0 Å². The topological polar surface area (TPSA) is 37.3 Å². The van der Waals surface area contributed by atoms with Gasteiger partial charge in [-0.15, -0.1) is 11.3 Å². The van der Waals surface area contributed by atoms with E-state index in [0.717, 1.165) is 12.8 Å². The predicted octanol–water partition coefficient (Wildman–Crippen LogP) is 5.44. The Labute approximate surface area is 126 Å². The van der Waals surface area contributed by atoms with Crippen LogP contribution in [0.15, 0.2) is 29.7 Å². The first-order chi connectivity index (χ1) is 9.70. The van der Waals surface area contributed by atoms with Gasteiger partial charge in [0.2, 0.25) is 0 Å². The molecule has 0 saturated carbocycles. The Kier molecular flexibility index (Phi) is 9.05. The summed E-state index contributed by atoms with van der Waals surface area (Å²) in [6, 6.07) is 4.34. The molecule has 0 fully saturated rings. The molecule has 0 aliphatic carbocycles. The molecule has 0 saturated heterocycles. The Morgan fingerprint density at radius 1 is 1.05 bits per heavy atom. The first kappa shape index (κ1) is 17.0. The van der Waals surface area contributed by atoms with E-state index in [0.29, 0.717) is 12.0 Å². The average Bonchev–Trinajstić information content (AvgIpc) is 2.93. The Bertz CT molecular complexity index is 382.